The number of methoxy groups -OCH3 is 1. The summed E-state index contributed by atoms with van der Waals surface area (Å²) in [6.45, 7) is 1.80. The van der Waals surface area contributed by atoms with Crippen LogP contribution in [0.1, 0.15) is 23.4 Å². The van der Waals surface area contributed by atoms with Crippen molar-refractivity contribution in [1.82, 2.24) is 4.98 Å². The number of alkyl halides is 2. The van der Waals surface area contributed by atoms with Crippen molar-refractivity contribution in [3.8, 4) is 5.75 Å². The minimum absolute atomic E-state index is 0.0908. The van der Waals surface area contributed by atoms with Crippen LogP contribution < -0.4 is 10.5 Å². The molecule has 78 valence electrons. The van der Waals surface area contributed by atoms with Crippen LogP contribution in [0.15, 0.2) is 6.07 Å². The summed E-state index contributed by atoms with van der Waals surface area (Å²) in [4.78, 5) is 3.72. The van der Waals surface area contributed by atoms with Crippen molar-refractivity contribution in [2.45, 2.75) is 19.9 Å². The van der Waals surface area contributed by atoms with Gasteiger partial charge in [0.25, 0.3) is 6.43 Å². The largest absolute Gasteiger partial charge is 0.494 e. The molecule has 0 radical (unpaired) electrons. The third-order valence-electron chi connectivity index (χ3n) is 1.83. The molecule has 0 aliphatic carbocycles. The van der Waals surface area contributed by atoms with Gasteiger partial charge in [0.2, 0.25) is 0 Å². The first kappa shape index (κ1) is 10.8. The fourth-order valence-electron chi connectivity index (χ4n) is 1.29. The van der Waals surface area contributed by atoms with Crippen LogP contribution in [-0.4, -0.2) is 12.1 Å². The zero-order chi connectivity index (χ0) is 10.7. The van der Waals surface area contributed by atoms with Crippen LogP contribution in [0.5, 0.6) is 5.75 Å². The molecule has 0 spiro atoms. The van der Waals surface area contributed by atoms with Gasteiger partial charge in [-0.3, -0.25) is 0 Å². The highest BCUT2D eigenvalue weighted by Crippen LogP contribution is 2.30. The minimum Gasteiger partial charge on any atom is -0.494 e. The lowest BCUT2D eigenvalue weighted by molar-refractivity contribution is 0.141. The van der Waals surface area contributed by atoms with Crippen LogP contribution >= 0.6 is 0 Å². The van der Waals surface area contributed by atoms with E-state index in [-0.39, 0.29) is 18.0 Å². The fourth-order valence-corrected chi connectivity index (χ4v) is 1.29. The zero-order valence-corrected chi connectivity index (χ0v) is 8.05. The van der Waals surface area contributed by atoms with E-state index < -0.39 is 6.43 Å². The highest BCUT2D eigenvalue weighted by atomic mass is 19.3. The summed E-state index contributed by atoms with van der Waals surface area (Å²) >= 11 is 0. The average Bonchev–Trinajstić information content (AvgIpc) is 2.16. The molecular formula is C9H12F2N2O. The molecule has 0 unspecified atom stereocenters. The fraction of sp³-hybridized carbons (Fsp3) is 0.444. The summed E-state index contributed by atoms with van der Waals surface area (Å²) in [5.41, 5.74) is 6.14. The summed E-state index contributed by atoms with van der Waals surface area (Å²) in [7, 11) is 1.33. The molecule has 0 aliphatic rings. The van der Waals surface area contributed by atoms with Gasteiger partial charge in [-0.2, -0.15) is 0 Å². The maximum atomic E-state index is 12.5. The Morgan fingerprint density at radius 1 is 1.57 bits per heavy atom. The molecule has 0 saturated heterocycles. The van der Waals surface area contributed by atoms with E-state index in [0.717, 1.165) is 0 Å². The lowest BCUT2D eigenvalue weighted by atomic mass is 10.1. The highest BCUT2D eigenvalue weighted by molar-refractivity contribution is 5.39. The second kappa shape index (κ2) is 4.32. The number of pyridine rings is 1. The smallest absolute Gasteiger partial charge is 0.284 e. The van der Waals surface area contributed by atoms with Crippen molar-refractivity contribution in [2.24, 2.45) is 5.73 Å². The van der Waals surface area contributed by atoms with E-state index in [2.05, 4.69) is 4.98 Å². The van der Waals surface area contributed by atoms with E-state index in [0.29, 0.717) is 11.3 Å². The maximum Gasteiger partial charge on any atom is 0.284 e. The lowest BCUT2D eigenvalue weighted by Crippen LogP contribution is -2.06. The Kier molecular flexibility index (Phi) is 3.35. The molecule has 0 fully saturated rings. The number of aromatic nitrogens is 1. The van der Waals surface area contributed by atoms with Gasteiger partial charge in [0, 0.05) is 17.8 Å². The Hall–Kier alpha value is -1.23. The Labute approximate surface area is 80.9 Å². The molecule has 0 aromatic carbocycles. The van der Waals surface area contributed by atoms with Gasteiger partial charge in [-0.25, -0.2) is 13.8 Å². The molecule has 0 amide bonds. The summed E-state index contributed by atoms with van der Waals surface area (Å²) in [5.74, 6) is 0.0908. The number of nitrogens with zero attached hydrogens (tertiary/aromatic N) is 1. The molecule has 0 aliphatic heterocycles. The first-order chi connectivity index (χ1) is 6.60. The van der Waals surface area contributed by atoms with Gasteiger partial charge in [0.1, 0.15) is 5.69 Å². The van der Waals surface area contributed by atoms with Crippen LogP contribution in [0.25, 0.3) is 0 Å². The quantitative estimate of drug-likeness (QED) is 0.812. The van der Waals surface area contributed by atoms with Gasteiger partial charge in [0.15, 0.2) is 5.75 Å². The summed E-state index contributed by atoms with van der Waals surface area (Å²) in [5, 5.41) is 0. The van der Waals surface area contributed by atoms with Gasteiger partial charge in [-0.05, 0) is 13.0 Å². The van der Waals surface area contributed by atoms with E-state index in [1.54, 1.807) is 13.0 Å². The first-order valence-corrected chi connectivity index (χ1v) is 4.12. The number of ether oxygens (including phenoxy) is 1. The molecule has 0 bridgehead atoms. The van der Waals surface area contributed by atoms with Crippen molar-refractivity contribution < 1.29 is 13.5 Å². The number of rotatable bonds is 3. The minimum atomic E-state index is -2.64. The molecule has 3 nitrogen and oxygen atoms in total. The first-order valence-electron chi connectivity index (χ1n) is 4.12. The molecule has 1 rings (SSSR count). The molecule has 1 aromatic rings. The van der Waals surface area contributed by atoms with Gasteiger partial charge in [-0.1, -0.05) is 0 Å². The number of aryl methyl sites for hydroxylation is 1. The van der Waals surface area contributed by atoms with Gasteiger partial charge >= 0.3 is 0 Å². The molecule has 5 heteroatoms. The van der Waals surface area contributed by atoms with Crippen LogP contribution in [0.4, 0.5) is 8.78 Å². The van der Waals surface area contributed by atoms with E-state index in [1.165, 1.54) is 7.11 Å². The zero-order valence-electron chi connectivity index (χ0n) is 8.05. The Bertz CT molecular complexity index is 329. The third-order valence-corrected chi connectivity index (χ3v) is 1.83. The van der Waals surface area contributed by atoms with Crippen LogP contribution in [0.3, 0.4) is 0 Å². The van der Waals surface area contributed by atoms with Crippen molar-refractivity contribution in [1.29, 1.82) is 0 Å². The van der Waals surface area contributed by atoms with Crippen LogP contribution in [0.2, 0.25) is 0 Å². The summed E-state index contributed by atoms with van der Waals surface area (Å²) < 4.78 is 29.9. The van der Waals surface area contributed by atoms with Gasteiger partial charge in [-0.15, -0.1) is 0 Å². The van der Waals surface area contributed by atoms with Gasteiger partial charge < -0.3 is 10.5 Å². The monoisotopic (exact) mass is 202 g/mol. The normalized spacial score (nSPS) is 10.7. The Morgan fingerprint density at radius 2 is 2.21 bits per heavy atom. The lowest BCUT2D eigenvalue weighted by Gasteiger charge is -2.12. The second-order valence-corrected chi connectivity index (χ2v) is 2.85. The van der Waals surface area contributed by atoms with Crippen molar-refractivity contribution in [2.75, 3.05) is 7.11 Å². The summed E-state index contributed by atoms with van der Waals surface area (Å²) in [6, 6.07) is 1.64. The third kappa shape index (κ3) is 1.98. The Balaban J connectivity index is 3.31. The summed E-state index contributed by atoms with van der Waals surface area (Å²) in [6.07, 6.45) is -2.64. The molecule has 2 N–H and O–H groups in total. The Morgan fingerprint density at radius 3 is 2.64 bits per heavy atom. The van der Waals surface area contributed by atoms with Gasteiger partial charge in [0.05, 0.1) is 7.11 Å². The number of hydrogen-bond donors (Lipinski definition) is 1. The second-order valence-electron chi connectivity index (χ2n) is 2.85. The van der Waals surface area contributed by atoms with Crippen LogP contribution in [-0.2, 0) is 6.54 Å². The molecule has 1 heterocycles. The van der Waals surface area contributed by atoms with E-state index >= 15 is 0 Å². The average molecular weight is 202 g/mol. The maximum absolute atomic E-state index is 12.5. The number of halogens is 2. The molecule has 0 saturated carbocycles. The van der Waals surface area contributed by atoms with Crippen molar-refractivity contribution in [3.05, 3.63) is 23.0 Å². The number of nitrogens with two attached hydrogens (primary N) is 1. The van der Waals surface area contributed by atoms with E-state index in [1.807, 2.05) is 0 Å². The predicted octanol–water partition coefficient (Wildman–Crippen LogP) is 1.79. The van der Waals surface area contributed by atoms with Crippen LogP contribution in [0, 0.1) is 6.92 Å². The SMILES string of the molecule is COc1c(CN)cc(C)nc1C(F)F. The standard InChI is InChI=1S/C9H12F2N2O/c1-5-3-6(4-12)8(14-2)7(13-5)9(10)11/h3,9H,4,12H2,1-2H3. The van der Waals surface area contributed by atoms with Crippen molar-refractivity contribution >= 4 is 0 Å². The topological polar surface area (TPSA) is 48.1 Å². The predicted molar refractivity (Wildman–Crippen MR) is 48.4 cm³/mol. The molecule has 14 heavy (non-hydrogen) atoms. The van der Waals surface area contributed by atoms with E-state index in [9.17, 15) is 8.78 Å². The molecule has 0 atom stereocenters. The van der Waals surface area contributed by atoms with E-state index in [4.69, 9.17) is 10.5 Å². The molecular weight excluding hydrogens is 190 g/mol. The highest BCUT2D eigenvalue weighted by Gasteiger charge is 2.19. The van der Waals surface area contributed by atoms with Crippen molar-refractivity contribution in [3.63, 3.8) is 0 Å². The number of hydrogen-bond acceptors (Lipinski definition) is 3. The molecule has 1 aromatic heterocycles.